The second-order valence-electron chi connectivity index (χ2n) is 7.09. The first-order valence-electron chi connectivity index (χ1n) is 8.25. The van der Waals surface area contributed by atoms with E-state index in [9.17, 15) is 5.11 Å². The van der Waals surface area contributed by atoms with Crippen LogP contribution in [-0.2, 0) is 0 Å². The van der Waals surface area contributed by atoms with Crippen molar-refractivity contribution < 1.29 is 5.11 Å². The summed E-state index contributed by atoms with van der Waals surface area (Å²) in [5.74, 6) is 0.610. The first-order valence-corrected chi connectivity index (χ1v) is 8.25. The van der Waals surface area contributed by atoms with E-state index in [1.807, 2.05) is 20.8 Å². The molecule has 0 heterocycles. The molecule has 0 unspecified atom stereocenters. The smallest absolute Gasteiger partial charge is 0.0801 e. The second-order valence-corrected chi connectivity index (χ2v) is 7.09. The molecule has 0 bridgehead atoms. The lowest BCUT2D eigenvalue weighted by atomic mass is 9.96. The summed E-state index contributed by atoms with van der Waals surface area (Å²) >= 11 is 0. The van der Waals surface area contributed by atoms with E-state index in [0.29, 0.717) is 5.92 Å². The Bertz CT molecular complexity index is 572. The molecule has 1 saturated carbocycles. The molecular formula is C20H29NO. The van der Waals surface area contributed by atoms with Gasteiger partial charge in [-0.2, -0.15) is 0 Å². The minimum absolute atomic E-state index is 0.610. The lowest BCUT2D eigenvalue weighted by Gasteiger charge is -2.19. The molecule has 0 aliphatic heterocycles. The molecule has 1 aliphatic carbocycles. The zero-order valence-electron chi connectivity index (χ0n) is 14.4. The number of hydrogen-bond donors (Lipinski definition) is 2. The van der Waals surface area contributed by atoms with Crippen molar-refractivity contribution in [3.05, 3.63) is 47.2 Å². The zero-order valence-corrected chi connectivity index (χ0v) is 14.4. The van der Waals surface area contributed by atoms with Gasteiger partial charge < -0.3 is 10.4 Å². The number of nitrogens with one attached hydrogen (secondary N) is 1. The molecule has 1 aromatic rings. The normalized spacial score (nSPS) is 16.9. The van der Waals surface area contributed by atoms with Crippen molar-refractivity contribution >= 4 is 11.8 Å². The highest BCUT2D eigenvalue weighted by atomic mass is 16.3. The minimum Gasteiger partial charge on any atom is -0.386 e. The maximum Gasteiger partial charge on any atom is 0.0801 e. The molecule has 22 heavy (non-hydrogen) atoms. The van der Waals surface area contributed by atoms with Crippen molar-refractivity contribution in [2.24, 2.45) is 5.92 Å². The van der Waals surface area contributed by atoms with E-state index in [4.69, 9.17) is 0 Å². The van der Waals surface area contributed by atoms with E-state index in [1.165, 1.54) is 31.2 Å². The number of aliphatic hydroxyl groups is 1. The van der Waals surface area contributed by atoms with Crippen LogP contribution in [0.4, 0.5) is 5.69 Å². The maximum absolute atomic E-state index is 10.1. The van der Waals surface area contributed by atoms with Gasteiger partial charge in [0.15, 0.2) is 0 Å². The molecular weight excluding hydrogens is 270 g/mol. The Balaban J connectivity index is 2.18. The molecule has 1 aromatic carbocycles. The fraction of sp³-hybridized carbons (Fsp3) is 0.500. The SMILES string of the molecule is C=C(Nc1ccc(C)c(/C=C(\C)C(C)(C)O)c1)C1CCCC1. The topological polar surface area (TPSA) is 32.3 Å². The van der Waals surface area contributed by atoms with Crippen LogP contribution in [-0.4, -0.2) is 10.7 Å². The fourth-order valence-corrected chi connectivity index (χ4v) is 2.85. The van der Waals surface area contributed by atoms with E-state index in [-0.39, 0.29) is 0 Å². The number of aryl methyl sites for hydroxylation is 1. The van der Waals surface area contributed by atoms with Crippen LogP contribution in [0.5, 0.6) is 0 Å². The van der Waals surface area contributed by atoms with Gasteiger partial charge in [0.05, 0.1) is 5.60 Å². The van der Waals surface area contributed by atoms with Gasteiger partial charge in [-0.25, -0.2) is 0 Å². The Morgan fingerprint density at radius 1 is 1.32 bits per heavy atom. The Kier molecular flexibility index (Phi) is 5.12. The molecule has 0 amide bonds. The van der Waals surface area contributed by atoms with Crippen LogP contribution in [0.2, 0.25) is 0 Å². The van der Waals surface area contributed by atoms with E-state index >= 15 is 0 Å². The molecule has 1 fully saturated rings. The average molecular weight is 299 g/mol. The van der Waals surface area contributed by atoms with Gasteiger partial charge in [0.1, 0.15) is 0 Å². The molecule has 120 valence electrons. The molecule has 2 rings (SSSR count). The number of benzene rings is 1. The monoisotopic (exact) mass is 299 g/mol. The molecule has 0 saturated heterocycles. The van der Waals surface area contributed by atoms with Crippen LogP contribution in [0.15, 0.2) is 36.0 Å². The summed E-state index contributed by atoms with van der Waals surface area (Å²) in [5.41, 5.74) is 4.74. The van der Waals surface area contributed by atoms with Crippen molar-refractivity contribution in [1.82, 2.24) is 0 Å². The highest BCUT2D eigenvalue weighted by Crippen LogP contribution is 2.31. The summed E-state index contributed by atoms with van der Waals surface area (Å²) in [5, 5.41) is 13.6. The third-order valence-electron chi connectivity index (χ3n) is 4.77. The summed E-state index contributed by atoms with van der Waals surface area (Å²) < 4.78 is 0. The predicted octanol–water partition coefficient (Wildman–Crippen LogP) is 5.29. The number of anilines is 1. The van der Waals surface area contributed by atoms with E-state index in [1.54, 1.807) is 0 Å². The van der Waals surface area contributed by atoms with Crippen molar-refractivity contribution in [3.63, 3.8) is 0 Å². The standard InChI is InChI=1S/C20H29NO/c1-14-10-11-19(21-16(3)17-8-6-7-9-17)13-18(14)12-15(2)20(4,5)22/h10-13,17,21-22H,3,6-9H2,1-2,4-5H3/b15-12+. The van der Waals surface area contributed by atoms with Crippen LogP contribution in [0.1, 0.15) is 57.6 Å². The van der Waals surface area contributed by atoms with Gasteiger partial charge in [0.25, 0.3) is 0 Å². The lowest BCUT2D eigenvalue weighted by molar-refractivity contribution is 0.121. The van der Waals surface area contributed by atoms with Gasteiger partial charge in [-0.3, -0.25) is 0 Å². The second kappa shape index (κ2) is 6.70. The Morgan fingerprint density at radius 3 is 2.55 bits per heavy atom. The maximum atomic E-state index is 10.1. The van der Waals surface area contributed by atoms with Gasteiger partial charge in [-0.05, 0) is 75.3 Å². The Labute approximate surface area is 134 Å². The van der Waals surface area contributed by atoms with Crippen molar-refractivity contribution in [2.75, 3.05) is 5.32 Å². The average Bonchev–Trinajstić information content (AvgIpc) is 2.95. The van der Waals surface area contributed by atoms with E-state index in [0.717, 1.165) is 22.5 Å². The van der Waals surface area contributed by atoms with Gasteiger partial charge in [-0.15, -0.1) is 0 Å². The molecule has 0 radical (unpaired) electrons. The summed E-state index contributed by atoms with van der Waals surface area (Å²) in [6.07, 6.45) is 7.21. The first-order chi connectivity index (χ1) is 10.3. The molecule has 0 atom stereocenters. The van der Waals surface area contributed by atoms with E-state index in [2.05, 4.69) is 43.1 Å². The summed E-state index contributed by atoms with van der Waals surface area (Å²) in [6, 6.07) is 6.37. The highest BCUT2D eigenvalue weighted by Gasteiger charge is 2.18. The van der Waals surface area contributed by atoms with Gasteiger partial charge in [0, 0.05) is 11.4 Å². The predicted molar refractivity (Wildman–Crippen MR) is 95.8 cm³/mol. The summed E-state index contributed by atoms with van der Waals surface area (Å²) in [6.45, 7) is 11.9. The molecule has 2 nitrogen and oxygen atoms in total. The fourth-order valence-electron chi connectivity index (χ4n) is 2.85. The summed E-state index contributed by atoms with van der Waals surface area (Å²) in [4.78, 5) is 0. The Hall–Kier alpha value is -1.54. The third kappa shape index (κ3) is 4.23. The van der Waals surface area contributed by atoms with E-state index < -0.39 is 5.60 Å². The number of hydrogen-bond acceptors (Lipinski definition) is 2. The molecule has 2 N–H and O–H groups in total. The van der Waals surface area contributed by atoms with Gasteiger partial charge in [-0.1, -0.05) is 31.6 Å². The molecule has 0 aromatic heterocycles. The first kappa shape index (κ1) is 16.8. The highest BCUT2D eigenvalue weighted by molar-refractivity contribution is 5.64. The van der Waals surface area contributed by atoms with Crippen molar-refractivity contribution in [1.29, 1.82) is 0 Å². The molecule has 1 aliphatic rings. The van der Waals surface area contributed by atoms with Crippen molar-refractivity contribution in [3.8, 4) is 0 Å². The number of allylic oxidation sites excluding steroid dienone is 1. The van der Waals surface area contributed by atoms with Gasteiger partial charge >= 0.3 is 0 Å². The van der Waals surface area contributed by atoms with Crippen LogP contribution in [0.3, 0.4) is 0 Å². The van der Waals surface area contributed by atoms with Crippen LogP contribution >= 0.6 is 0 Å². The van der Waals surface area contributed by atoms with Crippen LogP contribution < -0.4 is 5.32 Å². The largest absolute Gasteiger partial charge is 0.386 e. The molecule has 0 spiro atoms. The van der Waals surface area contributed by atoms with Crippen molar-refractivity contribution in [2.45, 2.75) is 59.0 Å². The zero-order chi connectivity index (χ0) is 16.3. The quantitative estimate of drug-likeness (QED) is 0.774. The van der Waals surface area contributed by atoms with Crippen LogP contribution in [0, 0.1) is 12.8 Å². The van der Waals surface area contributed by atoms with Gasteiger partial charge in [0.2, 0.25) is 0 Å². The van der Waals surface area contributed by atoms with Crippen LogP contribution in [0.25, 0.3) is 6.08 Å². The Morgan fingerprint density at radius 2 is 1.95 bits per heavy atom. The molecule has 2 heteroatoms. The summed E-state index contributed by atoms with van der Waals surface area (Å²) in [7, 11) is 0. The minimum atomic E-state index is -0.788. The lowest BCUT2D eigenvalue weighted by Crippen LogP contribution is -2.19. The third-order valence-corrected chi connectivity index (χ3v) is 4.77. The number of rotatable bonds is 5.